The first-order valence-electron chi connectivity index (χ1n) is 16.5. The van der Waals surface area contributed by atoms with E-state index in [1.807, 2.05) is 0 Å². The van der Waals surface area contributed by atoms with Gasteiger partial charge in [-0.15, -0.1) is 0 Å². The molecule has 0 bridgehead atoms. The van der Waals surface area contributed by atoms with Crippen molar-refractivity contribution in [3.8, 4) is 61.6 Å². The summed E-state index contributed by atoms with van der Waals surface area (Å²) in [4.78, 5) is 3.76. The van der Waals surface area contributed by atoms with Crippen molar-refractivity contribution in [3.05, 3.63) is 188 Å². The third-order valence-corrected chi connectivity index (χ3v) is 9.35. The number of H-pyrrole nitrogens is 1. The molecule has 0 aliphatic carbocycles. The summed E-state index contributed by atoms with van der Waals surface area (Å²) in [6, 6.07) is 67.5. The van der Waals surface area contributed by atoms with Gasteiger partial charge in [0.25, 0.3) is 0 Å². The predicted molar refractivity (Wildman–Crippen MR) is 202 cm³/mol. The number of hydrogen-bond donors (Lipinski definition) is 1. The molecule has 0 aliphatic rings. The molecule has 0 radical (unpaired) electrons. The van der Waals surface area contributed by atoms with E-state index in [4.69, 9.17) is 0 Å². The quantitative estimate of drug-likeness (QED) is 0.193. The van der Waals surface area contributed by atoms with Gasteiger partial charge in [0.1, 0.15) is 0 Å². The minimum absolute atomic E-state index is 1.13. The van der Waals surface area contributed by atoms with E-state index < -0.39 is 0 Å². The molecule has 48 heavy (non-hydrogen) atoms. The molecule has 1 N–H and O–H groups in total. The zero-order valence-corrected chi connectivity index (χ0v) is 26.3. The van der Waals surface area contributed by atoms with Crippen LogP contribution in [0.1, 0.15) is 0 Å². The number of aromatic nitrogens is 2. The van der Waals surface area contributed by atoms with Gasteiger partial charge in [0, 0.05) is 33.1 Å². The van der Waals surface area contributed by atoms with Crippen LogP contribution >= 0.6 is 0 Å². The molecule has 2 heterocycles. The number of aromatic amines is 1. The van der Waals surface area contributed by atoms with Gasteiger partial charge in [-0.25, -0.2) is 0 Å². The summed E-state index contributed by atoms with van der Waals surface area (Å²) in [5, 5.41) is 2.44. The standard InChI is InChI=1S/C46H32N2/c1-6-16-32(17-7-1)43-39-30-36(26-28-41(39)47-45(43)34-20-10-3-11-21-34)37-27-29-42-40(31-37)44(33-18-8-2-9-19-33)46(35-22-12-4-13-23-35)48(42)38-24-14-5-15-25-38/h1-31,47H. The zero-order chi connectivity index (χ0) is 31.9. The SMILES string of the molecule is c1ccc(-c2[nH]c3ccc(-c4ccc5c(c4)c(-c4ccccc4)c(-c4ccccc4)n5-c4ccccc4)cc3c2-c2ccccc2)cc1. The Kier molecular flexibility index (Phi) is 6.84. The molecule has 226 valence electrons. The lowest BCUT2D eigenvalue weighted by Crippen LogP contribution is -1.97. The number of nitrogens with zero attached hydrogens (tertiary/aromatic N) is 1. The number of benzene rings is 7. The lowest BCUT2D eigenvalue weighted by atomic mass is 9.94. The fourth-order valence-corrected chi connectivity index (χ4v) is 7.18. The lowest BCUT2D eigenvalue weighted by molar-refractivity contribution is 1.13. The van der Waals surface area contributed by atoms with E-state index in [2.05, 4.69) is 198 Å². The Balaban J connectivity index is 1.31. The second-order valence-electron chi connectivity index (χ2n) is 12.2. The Morgan fingerprint density at radius 3 is 1.44 bits per heavy atom. The van der Waals surface area contributed by atoms with Gasteiger partial charge in [0.2, 0.25) is 0 Å². The van der Waals surface area contributed by atoms with Crippen LogP contribution in [0.4, 0.5) is 0 Å². The predicted octanol–water partition coefficient (Wildman–Crippen LogP) is 12.4. The normalized spacial score (nSPS) is 11.3. The Bertz CT molecular complexity index is 2510. The van der Waals surface area contributed by atoms with E-state index in [1.54, 1.807) is 0 Å². The highest BCUT2D eigenvalue weighted by atomic mass is 15.0. The molecule has 7 aromatic carbocycles. The molecular weight excluding hydrogens is 581 g/mol. The van der Waals surface area contributed by atoms with Crippen molar-refractivity contribution in [2.75, 3.05) is 0 Å². The van der Waals surface area contributed by atoms with Gasteiger partial charge < -0.3 is 9.55 Å². The van der Waals surface area contributed by atoms with Gasteiger partial charge in [-0.05, 0) is 69.8 Å². The summed E-state index contributed by atoms with van der Waals surface area (Å²) < 4.78 is 2.42. The van der Waals surface area contributed by atoms with Crippen LogP contribution in [-0.4, -0.2) is 9.55 Å². The lowest BCUT2D eigenvalue weighted by Gasteiger charge is -2.13. The second-order valence-corrected chi connectivity index (χ2v) is 12.2. The summed E-state index contributed by atoms with van der Waals surface area (Å²) in [6.07, 6.45) is 0. The molecule has 2 heteroatoms. The van der Waals surface area contributed by atoms with Crippen LogP contribution in [0, 0.1) is 0 Å². The van der Waals surface area contributed by atoms with Gasteiger partial charge in [-0.3, -0.25) is 0 Å². The molecule has 9 rings (SSSR count). The first-order chi connectivity index (χ1) is 23.8. The molecule has 0 spiro atoms. The van der Waals surface area contributed by atoms with Crippen molar-refractivity contribution in [1.82, 2.24) is 9.55 Å². The topological polar surface area (TPSA) is 20.7 Å². The highest BCUT2D eigenvalue weighted by molar-refractivity contribution is 6.08. The van der Waals surface area contributed by atoms with Crippen molar-refractivity contribution in [2.45, 2.75) is 0 Å². The van der Waals surface area contributed by atoms with Gasteiger partial charge in [-0.1, -0.05) is 152 Å². The Hall–Kier alpha value is -6.38. The van der Waals surface area contributed by atoms with Gasteiger partial charge in [-0.2, -0.15) is 0 Å². The Morgan fingerprint density at radius 2 is 0.833 bits per heavy atom. The third kappa shape index (κ3) is 4.74. The minimum Gasteiger partial charge on any atom is -0.354 e. The highest BCUT2D eigenvalue weighted by Crippen LogP contribution is 2.45. The fraction of sp³-hybridized carbons (Fsp3) is 0. The number of para-hydroxylation sites is 1. The number of hydrogen-bond acceptors (Lipinski definition) is 0. The van der Waals surface area contributed by atoms with Crippen molar-refractivity contribution in [2.24, 2.45) is 0 Å². The van der Waals surface area contributed by atoms with Crippen molar-refractivity contribution >= 4 is 21.8 Å². The molecule has 0 fully saturated rings. The third-order valence-electron chi connectivity index (χ3n) is 9.35. The summed E-state index contributed by atoms with van der Waals surface area (Å²) >= 11 is 0. The Morgan fingerprint density at radius 1 is 0.354 bits per heavy atom. The maximum Gasteiger partial charge on any atom is 0.0619 e. The Labute approximate surface area is 280 Å². The molecule has 0 saturated carbocycles. The highest BCUT2D eigenvalue weighted by Gasteiger charge is 2.22. The van der Waals surface area contributed by atoms with Gasteiger partial charge in [0.05, 0.1) is 16.9 Å². The molecular formula is C46H32N2. The number of rotatable bonds is 6. The van der Waals surface area contributed by atoms with Crippen LogP contribution in [0.15, 0.2) is 188 Å². The molecule has 0 unspecified atom stereocenters. The zero-order valence-electron chi connectivity index (χ0n) is 26.3. The van der Waals surface area contributed by atoms with E-state index >= 15 is 0 Å². The average molecular weight is 613 g/mol. The maximum absolute atomic E-state index is 3.76. The van der Waals surface area contributed by atoms with E-state index in [0.717, 1.165) is 16.9 Å². The summed E-state index contributed by atoms with van der Waals surface area (Å²) in [7, 11) is 0. The van der Waals surface area contributed by atoms with E-state index in [0.29, 0.717) is 0 Å². The van der Waals surface area contributed by atoms with Crippen LogP contribution in [0.5, 0.6) is 0 Å². The molecule has 0 saturated heterocycles. The van der Waals surface area contributed by atoms with E-state index in [-0.39, 0.29) is 0 Å². The summed E-state index contributed by atoms with van der Waals surface area (Å²) in [5.41, 5.74) is 15.4. The molecule has 2 aromatic heterocycles. The van der Waals surface area contributed by atoms with Gasteiger partial charge in [0.15, 0.2) is 0 Å². The minimum atomic E-state index is 1.13. The molecule has 0 amide bonds. The maximum atomic E-state index is 3.76. The van der Waals surface area contributed by atoms with E-state index in [9.17, 15) is 0 Å². The summed E-state index contributed by atoms with van der Waals surface area (Å²) in [5.74, 6) is 0. The van der Waals surface area contributed by atoms with Crippen molar-refractivity contribution in [3.63, 3.8) is 0 Å². The van der Waals surface area contributed by atoms with Gasteiger partial charge >= 0.3 is 0 Å². The molecule has 0 atom stereocenters. The molecule has 9 aromatic rings. The van der Waals surface area contributed by atoms with Crippen LogP contribution in [0.25, 0.3) is 83.4 Å². The monoisotopic (exact) mass is 612 g/mol. The largest absolute Gasteiger partial charge is 0.354 e. The molecule has 0 aliphatic heterocycles. The molecule has 2 nitrogen and oxygen atoms in total. The average Bonchev–Trinajstić information content (AvgIpc) is 3.72. The van der Waals surface area contributed by atoms with Crippen LogP contribution < -0.4 is 0 Å². The van der Waals surface area contributed by atoms with Crippen LogP contribution in [0.3, 0.4) is 0 Å². The van der Waals surface area contributed by atoms with Crippen LogP contribution in [0.2, 0.25) is 0 Å². The van der Waals surface area contributed by atoms with Crippen LogP contribution in [-0.2, 0) is 0 Å². The first-order valence-corrected chi connectivity index (χ1v) is 16.5. The number of fused-ring (bicyclic) bond motifs is 2. The first kappa shape index (κ1) is 27.9. The van der Waals surface area contributed by atoms with Crippen molar-refractivity contribution in [1.29, 1.82) is 0 Å². The smallest absolute Gasteiger partial charge is 0.0619 e. The second kappa shape index (κ2) is 11.8. The summed E-state index contributed by atoms with van der Waals surface area (Å²) in [6.45, 7) is 0. The van der Waals surface area contributed by atoms with E-state index in [1.165, 1.54) is 66.5 Å². The van der Waals surface area contributed by atoms with Crippen molar-refractivity contribution < 1.29 is 0 Å². The number of nitrogens with one attached hydrogen (secondary N) is 1. The fourth-order valence-electron chi connectivity index (χ4n) is 7.18.